The number of nitrogens with one attached hydrogen (secondary N) is 2. The first-order valence-electron chi connectivity index (χ1n) is 8.69. The Morgan fingerprint density at radius 2 is 2.16 bits per heavy atom. The van der Waals surface area contributed by atoms with Crippen LogP contribution < -0.4 is 10.6 Å². The Bertz CT molecular complexity index is 571. The number of halogens is 1. The van der Waals surface area contributed by atoms with Crippen molar-refractivity contribution in [2.45, 2.75) is 39.3 Å². The molecule has 2 rings (SSSR count). The molecule has 1 saturated heterocycles. The molecule has 1 aromatic heterocycles. The van der Waals surface area contributed by atoms with Crippen molar-refractivity contribution in [1.29, 1.82) is 0 Å². The lowest BCUT2D eigenvalue weighted by molar-refractivity contribution is 0.0963. The summed E-state index contributed by atoms with van der Waals surface area (Å²) < 4.78 is 5.05. The zero-order valence-corrected chi connectivity index (χ0v) is 15.6. The van der Waals surface area contributed by atoms with Gasteiger partial charge in [0.1, 0.15) is 5.15 Å². The Labute approximate surface area is 153 Å². The van der Waals surface area contributed by atoms with Crippen LogP contribution in [0.3, 0.4) is 0 Å². The Hall–Kier alpha value is -2.02. The topological polar surface area (TPSA) is 78.9 Å². The number of nitrogens with zero attached hydrogens (tertiary/aromatic N) is 3. The SMILES string of the molecule is CCNC(=NCc1ccc(Cl)nc1)NC1CCN(C(=O)OCC)CC1. The molecule has 1 amide bonds. The van der Waals surface area contributed by atoms with Gasteiger partial charge in [-0.2, -0.15) is 0 Å². The van der Waals surface area contributed by atoms with Gasteiger partial charge >= 0.3 is 6.09 Å². The number of hydrogen-bond donors (Lipinski definition) is 2. The number of carbonyl (C=O) groups is 1. The van der Waals surface area contributed by atoms with E-state index < -0.39 is 0 Å². The molecule has 0 unspecified atom stereocenters. The van der Waals surface area contributed by atoms with Crippen LogP contribution in [0.15, 0.2) is 23.3 Å². The van der Waals surface area contributed by atoms with Gasteiger partial charge in [0.2, 0.25) is 0 Å². The third-order valence-corrected chi connectivity index (χ3v) is 4.14. The Morgan fingerprint density at radius 3 is 2.76 bits per heavy atom. The predicted molar refractivity (Wildman–Crippen MR) is 98.8 cm³/mol. The van der Waals surface area contributed by atoms with E-state index in [9.17, 15) is 4.79 Å². The molecule has 1 aliphatic heterocycles. The van der Waals surface area contributed by atoms with E-state index in [1.165, 1.54) is 0 Å². The molecule has 1 aliphatic rings. The molecular weight excluding hydrogens is 342 g/mol. The van der Waals surface area contributed by atoms with Crippen LogP contribution in [-0.4, -0.2) is 54.2 Å². The van der Waals surface area contributed by atoms with E-state index >= 15 is 0 Å². The van der Waals surface area contributed by atoms with Gasteiger partial charge in [0.05, 0.1) is 13.2 Å². The van der Waals surface area contributed by atoms with Gasteiger partial charge in [-0.05, 0) is 38.3 Å². The predicted octanol–water partition coefficient (Wildman–Crippen LogP) is 2.41. The third-order valence-electron chi connectivity index (χ3n) is 3.91. The fourth-order valence-corrected chi connectivity index (χ4v) is 2.72. The lowest BCUT2D eigenvalue weighted by Crippen LogP contribution is -2.49. The second-order valence-electron chi connectivity index (χ2n) is 5.79. The summed E-state index contributed by atoms with van der Waals surface area (Å²) in [6.07, 6.45) is 3.24. The monoisotopic (exact) mass is 367 g/mol. The highest BCUT2D eigenvalue weighted by Crippen LogP contribution is 2.12. The summed E-state index contributed by atoms with van der Waals surface area (Å²) in [5.74, 6) is 0.770. The molecule has 0 atom stereocenters. The van der Waals surface area contributed by atoms with Crippen molar-refractivity contribution in [1.82, 2.24) is 20.5 Å². The minimum atomic E-state index is -0.225. The highest BCUT2D eigenvalue weighted by atomic mass is 35.5. The summed E-state index contributed by atoms with van der Waals surface area (Å²) in [5, 5.41) is 7.17. The molecule has 0 aromatic carbocycles. The highest BCUT2D eigenvalue weighted by Gasteiger charge is 2.23. The molecule has 0 saturated carbocycles. The minimum absolute atomic E-state index is 0.225. The van der Waals surface area contributed by atoms with Crippen molar-refractivity contribution in [2.24, 2.45) is 4.99 Å². The summed E-state index contributed by atoms with van der Waals surface area (Å²) in [5.41, 5.74) is 0.999. The van der Waals surface area contributed by atoms with Crippen molar-refractivity contribution in [3.63, 3.8) is 0 Å². The van der Waals surface area contributed by atoms with E-state index in [0.717, 1.165) is 30.9 Å². The van der Waals surface area contributed by atoms with Crippen LogP contribution in [0.2, 0.25) is 5.15 Å². The number of rotatable bonds is 5. The number of likely N-dealkylation sites (tertiary alicyclic amines) is 1. The molecule has 2 heterocycles. The number of amides is 1. The maximum Gasteiger partial charge on any atom is 0.409 e. The van der Waals surface area contributed by atoms with Crippen molar-refractivity contribution < 1.29 is 9.53 Å². The molecule has 25 heavy (non-hydrogen) atoms. The quantitative estimate of drug-likeness (QED) is 0.474. The van der Waals surface area contributed by atoms with Gasteiger partial charge in [0.25, 0.3) is 0 Å². The maximum absolute atomic E-state index is 11.7. The summed E-state index contributed by atoms with van der Waals surface area (Å²) in [6, 6.07) is 3.96. The largest absolute Gasteiger partial charge is 0.450 e. The molecule has 1 aromatic rings. The van der Waals surface area contributed by atoms with Gasteiger partial charge in [-0.15, -0.1) is 0 Å². The summed E-state index contributed by atoms with van der Waals surface area (Å²) in [6.45, 7) is 6.96. The highest BCUT2D eigenvalue weighted by molar-refractivity contribution is 6.29. The number of piperidine rings is 1. The molecule has 138 valence electrons. The van der Waals surface area contributed by atoms with Gasteiger partial charge < -0.3 is 20.3 Å². The second-order valence-corrected chi connectivity index (χ2v) is 6.18. The van der Waals surface area contributed by atoms with Gasteiger partial charge in [0.15, 0.2) is 5.96 Å². The fraction of sp³-hybridized carbons (Fsp3) is 0.588. The van der Waals surface area contributed by atoms with Crippen LogP contribution in [-0.2, 0) is 11.3 Å². The van der Waals surface area contributed by atoms with E-state index in [1.54, 1.807) is 17.2 Å². The fourth-order valence-electron chi connectivity index (χ4n) is 2.60. The zero-order chi connectivity index (χ0) is 18.1. The molecule has 7 nitrogen and oxygen atoms in total. The number of aromatic nitrogens is 1. The van der Waals surface area contributed by atoms with E-state index in [1.807, 2.05) is 19.9 Å². The summed E-state index contributed by atoms with van der Waals surface area (Å²) in [4.78, 5) is 22.2. The van der Waals surface area contributed by atoms with Gasteiger partial charge in [-0.1, -0.05) is 17.7 Å². The average Bonchev–Trinajstić information content (AvgIpc) is 2.62. The van der Waals surface area contributed by atoms with Crippen LogP contribution >= 0.6 is 11.6 Å². The van der Waals surface area contributed by atoms with Gasteiger partial charge in [-0.25, -0.2) is 14.8 Å². The number of aliphatic imine (C=N–C) groups is 1. The smallest absolute Gasteiger partial charge is 0.409 e. The third kappa shape index (κ3) is 6.42. The summed E-state index contributed by atoms with van der Waals surface area (Å²) in [7, 11) is 0. The standard InChI is InChI=1S/C17H26ClN5O2/c1-3-19-16(21-12-13-5-6-15(18)20-11-13)22-14-7-9-23(10-8-14)17(24)25-4-2/h5-6,11,14H,3-4,7-10,12H2,1-2H3,(H2,19,21,22). The van der Waals surface area contributed by atoms with Crippen molar-refractivity contribution in [3.05, 3.63) is 29.0 Å². The Kier molecular flexibility index (Phi) is 7.78. The van der Waals surface area contributed by atoms with Crippen LogP contribution in [0, 0.1) is 0 Å². The van der Waals surface area contributed by atoms with Crippen molar-refractivity contribution in [2.75, 3.05) is 26.2 Å². The van der Waals surface area contributed by atoms with Crippen molar-refractivity contribution >= 4 is 23.7 Å². The number of carbonyl (C=O) groups excluding carboxylic acids is 1. The van der Waals surface area contributed by atoms with Crippen LogP contribution in [0.25, 0.3) is 0 Å². The van der Waals surface area contributed by atoms with E-state index in [2.05, 4.69) is 20.6 Å². The lowest BCUT2D eigenvalue weighted by Gasteiger charge is -2.32. The second kappa shape index (κ2) is 10.1. The Balaban J connectivity index is 1.86. The molecule has 8 heteroatoms. The first kappa shape index (κ1) is 19.3. The van der Waals surface area contributed by atoms with E-state index in [-0.39, 0.29) is 12.1 Å². The molecule has 0 aliphatic carbocycles. The molecule has 0 radical (unpaired) electrons. The van der Waals surface area contributed by atoms with Gasteiger partial charge in [0, 0.05) is 31.9 Å². The molecule has 2 N–H and O–H groups in total. The molecular formula is C17H26ClN5O2. The average molecular weight is 368 g/mol. The van der Waals surface area contributed by atoms with Crippen molar-refractivity contribution in [3.8, 4) is 0 Å². The summed E-state index contributed by atoms with van der Waals surface area (Å²) >= 11 is 5.80. The maximum atomic E-state index is 11.7. The molecule has 0 spiro atoms. The Morgan fingerprint density at radius 1 is 1.40 bits per heavy atom. The lowest BCUT2D eigenvalue weighted by atomic mass is 10.1. The minimum Gasteiger partial charge on any atom is -0.450 e. The van der Waals surface area contributed by atoms with E-state index in [0.29, 0.717) is 31.4 Å². The number of ether oxygens (including phenoxy) is 1. The first-order valence-corrected chi connectivity index (χ1v) is 9.07. The molecule has 0 bridgehead atoms. The molecule has 1 fully saturated rings. The zero-order valence-electron chi connectivity index (χ0n) is 14.8. The van der Waals surface area contributed by atoms with Gasteiger partial charge in [-0.3, -0.25) is 0 Å². The van der Waals surface area contributed by atoms with E-state index in [4.69, 9.17) is 16.3 Å². The first-order chi connectivity index (χ1) is 12.1. The van der Waals surface area contributed by atoms with Crippen LogP contribution in [0.4, 0.5) is 4.79 Å². The number of pyridine rings is 1. The van der Waals surface area contributed by atoms with Crippen LogP contribution in [0.1, 0.15) is 32.3 Å². The number of guanidine groups is 1. The number of hydrogen-bond acceptors (Lipinski definition) is 4. The van der Waals surface area contributed by atoms with Crippen LogP contribution in [0.5, 0.6) is 0 Å². The normalized spacial score (nSPS) is 15.8.